The minimum absolute atomic E-state index is 0.0899. The Balaban J connectivity index is 1.48. The standard InChI is InChI=1S/C24H28N2O2/c1-18(21-13-14-21)26(17-19-6-3-2-4-7-19)24(28)22-11-9-20(10-12-22)16-25-15-5-8-23(25)27/h2-4,6-7,9-12,18,21H,5,8,13-17H2,1H3. The summed E-state index contributed by atoms with van der Waals surface area (Å²) in [6.07, 6.45) is 4.03. The van der Waals surface area contributed by atoms with Crippen LogP contribution >= 0.6 is 0 Å². The molecule has 1 aliphatic heterocycles. The van der Waals surface area contributed by atoms with Crippen molar-refractivity contribution >= 4 is 11.8 Å². The third kappa shape index (κ3) is 4.27. The zero-order valence-electron chi connectivity index (χ0n) is 16.5. The Morgan fingerprint density at radius 1 is 1.07 bits per heavy atom. The van der Waals surface area contributed by atoms with Gasteiger partial charge in [0.15, 0.2) is 0 Å². The van der Waals surface area contributed by atoms with E-state index >= 15 is 0 Å². The van der Waals surface area contributed by atoms with Crippen molar-refractivity contribution in [3.05, 3.63) is 71.3 Å². The van der Waals surface area contributed by atoms with Crippen molar-refractivity contribution in [2.75, 3.05) is 6.54 Å². The van der Waals surface area contributed by atoms with Crippen molar-refractivity contribution in [1.29, 1.82) is 0 Å². The number of carbonyl (C=O) groups excluding carboxylic acids is 2. The highest BCUT2D eigenvalue weighted by Gasteiger charge is 2.34. The summed E-state index contributed by atoms with van der Waals surface area (Å²) in [5.74, 6) is 0.938. The molecule has 4 nitrogen and oxygen atoms in total. The van der Waals surface area contributed by atoms with Gasteiger partial charge in [0.1, 0.15) is 0 Å². The van der Waals surface area contributed by atoms with Crippen LogP contribution in [0.2, 0.25) is 0 Å². The van der Waals surface area contributed by atoms with E-state index in [0.29, 0.717) is 25.4 Å². The SMILES string of the molecule is CC(C1CC1)N(Cc1ccccc1)C(=O)c1ccc(CN2CCCC2=O)cc1. The fourth-order valence-electron chi connectivity index (χ4n) is 4.02. The van der Waals surface area contributed by atoms with Crippen molar-refractivity contribution in [3.63, 3.8) is 0 Å². The van der Waals surface area contributed by atoms with Crippen LogP contribution in [0.1, 0.15) is 54.1 Å². The van der Waals surface area contributed by atoms with Gasteiger partial charge < -0.3 is 9.80 Å². The zero-order chi connectivity index (χ0) is 19.5. The van der Waals surface area contributed by atoms with Crippen molar-refractivity contribution in [3.8, 4) is 0 Å². The summed E-state index contributed by atoms with van der Waals surface area (Å²) in [6.45, 7) is 4.29. The van der Waals surface area contributed by atoms with Gasteiger partial charge in [0.05, 0.1) is 0 Å². The van der Waals surface area contributed by atoms with Gasteiger partial charge in [-0.1, -0.05) is 42.5 Å². The first kappa shape index (κ1) is 18.7. The highest BCUT2D eigenvalue weighted by molar-refractivity contribution is 5.94. The Morgan fingerprint density at radius 3 is 2.39 bits per heavy atom. The average Bonchev–Trinajstić information content (AvgIpc) is 3.50. The van der Waals surface area contributed by atoms with Crippen molar-refractivity contribution in [2.45, 2.75) is 51.7 Å². The summed E-state index contributed by atoms with van der Waals surface area (Å²) >= 11 is 0. The maximum absolute atomic E-state index is 13.3. The minimum Gasteiger partial charge on any atom is -0.338 e. The molecule has 1 heterocycles. The summed E-state index contributed by atoms with van der Waals surface area (Å²) in [4.78, 5) is 29.0. The van der Waals surface area contributed by atoms with Gasteiger partial charge in [0.2, 0.25) is 5.91 Å². The molecule has 1 aliphatic carbocycles. The Labute approximate surface area is 167 Å². The summed E-state index contributed by atoms with van der Waals surface area (Å²) < 4.78 is 0. The fourth-order valence-corrected chi connectivity index (χ4v) is 4.02. The highest BCUT2D eigenvalue weighted by Crippen LogP contribution is 2.36. The normalized spacial score (nSPS) is 17.6. The number of carbonyl (C=O) groups is 2. The molecule has 0 spiro atoms. The number of rotatable bonds is 7. The van der Waals surface area contributed by atoms with Gasteiger partial charge in [0.25, 0.3) is 5.91 Å². The first-order valence-corrected chi connectivity index (χ1v) is 10.3. The van der Waals surface area contributed by atoms with E-state index in [1.54, 1.807) is 0 Å². The molecular weight excluding hydrogens is 348 g/mol. The molecule has 0 radical (unpaired) electrons. The second-order valence-corrected chi connectivity index (χ2v) is 8.11. The largest absolute Gasteiger partial charge is 0.338 e. The Hall–Kier alpha value is -2.62. The molecule has 4 heteroatoms. The molecule has 2 aromatic rings. The van der Waals surface area contributed by atoms with Gasteiger partial charge in [0, 0.05) is 37.7 Å². The Morgan fingerprint density at radius 2 is 1.79 bits per heavy atom. The minimum atomic E-state index is 0.0899. The monoisotopic (exact) mass is 376 g/mol. The van der Waals surface area contributed by atoms with Gasteiger partial charge in [-0.2, -0.15) is 0 Å². The molecule has 2 fully saturated rings. The zero-order valence-corrected chi connectivity index (χ0v) is 16.5. The highest BCUT2D eigenvalue weighted by atomic mass is 16.2. The van der Waals surface area contributed by atoms with E-state index in [4.69, 9.17) is 0 Å². The molecule has 0 bridgehead atoms. The molecule has 146 valence electrons. The van der Waals surface area contributed by atoms with Crippen molar-refractivity contribution in [2.24, 2.45) is 5.92 Å². The van der Waals surface area contributed by atoms with Gasteiger partial charge in [-0.25, -0.2) is 0 Å². The van der Waals surface area contributed by atoms with E-state index in [9.17, 15) is 9.59 Å². The molecule has 28 heavy (non-hydrogen) atoms. The fraction of sp³-hybridized carbons (Fsp3) is 0.417. The first-order chi connectivity index (χ1) is 13.6. The van der Waals surface area contributed by atoms with E-state index in [-0.39, 0.29) is 17.9 Å². The third-order valence-corrected chi connectivity index (χ3v) is 6.00. The van der Waals surface area contributed by atoms with Crippen molar-refractivity contribution in [1.82, 2.24) is 9.80 Å². The lowest BCUT2D eigenvalue weighted by Gasteiger charge is -2.30. The molecule has 1 atom stereocenters. The van der Waals surface area contributed by atoms with Gasteiger partial charge >= 0.3 is 0 Å². The lowest BCUT2D eigenvalue weighted by Crippen LogP contribution is -2.39. The molecule has 0 aromatic heterocycles. The van der Waals surface area contributed by atoms with Gasteiger partial charge in [-0.15, -0.1) is 0 Å². The molecule has 2 aromatic carbocycles. The topological polar surface area (TPSA) is 40.6 Å². The quantitative estimate of drug-likeness (QED) is 0.725. The van der Waals surface area contributed by atoms with E-state index in [1.807, 2.05) is 52.3 Å². The number of hydrogen-bond acceptors (Lipinski definition) is 2. The number of benzene rings is 2. The second kappa shape index (κ2) is 8.17. The maximum Gasteiger partial charge on any atom is 0.254 e. The molecule has 4 rings (SSSR count). The lowest BCUT2D eigenvalue weighted by atomic mass is 10.1. The van der Waals surface area contributed by atoms with Crippen LogP contribution in [0, 0.1) is 5.92 Å². The van der Waals surface area contributed by atoms with E-state index in [1.165, 1.54) is 12.8 Å². The molecular formula is C24H28N2O2. The van der Waals surface area contributed by atoms with Crippen LogP contribution < -0.4 is 0 Å². The predicted octanol–water partition coefficient (Wildman–Crippen LogP) is 4.25. The number of nitrogens with zero attached hydrogens (tertiary/aromatic N) is 2. The van der Waals surface area contributed by atoms with Gasteiger partial charge in [-0.05, 0) is 55.4 Å². The lowest BCUT2D eigenvalue weighted by molar-refractivity contribution is -0.128. The van der Waals surface area contributed by atoms with Crippen LogP contribution in [-0.4, -0.2) is 34.2 Å². The molecule has 1 saturated carbocycles. The third-order valence-electron chi connectivity index (χ3n) is 6.00. The van der Waals surface area contributed by atoms with Crippen LogP contribution in [0.25, 0.3) is 0 Å². The molecule has 1 unspecified atom stereocenters. The van der Waals surface area contributed by atoms with Crippen LogP contribution in [-0.2, 0) is 17.9 Å². The summed E-state index contributed by atoms with van der Waals surface area (Å²) in [6, 6.07) is 18.3. The smallest absolute Gasteiger partial charge is 0.254 e. The van der Waals surface area contributed by atoms with Crippen LogP contribution in [0.4, 0.5) is 0 Å². The number of amides is 2. The van der Waals surface area contributed by atoms with E-state index in [0.717, 1.165) is 29.7 Å². The predicted molar refractivity (Wildman–Crippen MR) is 110 cm³/mol. The Kier molecular flexibility index (Phi) is 5.47. The second-order valence-electron chi connectivity index (χ2n) is 8.11. The maximum atomic E-state index is 13.3. The summed E-state index contributed by atoms with van der Waals surface area (Å²) in [5, 5.41) is 0. The summed E-state index contributed by atoms with van der Waals surface area (Å²) in [5.41, 5.74) is 2.96. The van der Waals surface area contributed by atoms with Crippen LogP contribution in [0.3, 0.4) is 0 Å². The number of hydrogen-bond donors (Lipinski definition) is 0. The van der Waals surface area contributed by atoms with E-state index < -0.39 is 0 Å². The van der Waals surface area contributed by atoms with Crippen molar-refractivity contribution < 1.29 is 9.59 Å². The molecule has 2 aliphatic rings. The summed E-state index contributed by atoms with van der Waals surface area (Å²) in [7, 11) is 0. The first-order valence-electron chi connectivity index (χ1n) is 10.3. The molecule has 0 N–H and O–H groups in total. The van der Waals surface area contributed by atoms with Gasteiger partial charge in [-0.3, -0.25) is 9.59 Å². The van der Waals surface area contributed by atoms with E-state index in [2.05, 4.69) is 19.1 Å². The Bertz CT molecular complexity index is 827. The molecule has 2 amide bonds. The average molecular weight is 377 g/mol. The van der Waals surface area contributed by atoms with Crippen LogP contribution in [0.5, 0.6) is 0 Å². The van der Waals surface area contributed by atoms with Crippen LogP contribution in [0.15, 0.2) is 54.6 Å². The molecule has 1 saturated heterocycles. The number of likely N-dealkylation sites (tertiary alicyclic amines) is 1.